The first-order chi connectivity index (χ1) is 22.2. The van der Waals surface area contributed by atoms with Gasteiger partial charge in [-0.3, -0.25) is 28.8 Å². The maximum atomic E-state index is 12.4. The van der Waals surface area contributed by atoms with E-state index in [1.54, 1.807) is 58.9 Å². The van der Waals surface area contributed by atoms with Gasteiger partial charge in [0.25, 0.3) is 17.5 Å². The second-order valence-corrected chi connectivity index (χ2v) is 12.0. The molecule has 12 nitrogen and oxygen atoms in total. The van der Waals surface area contributed by atoms with Gasteiger partial charge in [0.1, 0.15) is 5.60 Å². The normalized spacial score (nSPS) is 14.7. The van der Waals surface area contributed by atoms with Crippen molar-refractivity contribution in [3.8, 4) is 0 Å². The summed E-state index contributed by atoms with van der Waals surface area (Å²) in [6, 6.07) is 9.67. The maximum absolute atomic E-state index is 12.4. The number of ether oxygens (including phenoxy) is 3. The Hall–Kier alpha value is -4.87. The molecule has 47 heavy (non-hydrogen) atoms. The van der Waals surface area contributed by atoms with Gasteiger partial charge in [-0.15, -0.1) is 0 Å². The van der Waals surface area contributed by atoms with Crippen molar-refractivity contribution in [2.24, 2.45) is 0 Å². The number of hydrogen-bond acceptors (Lipinski definition) is 10. The van der Waals surface area contributed by atoms with Gasteiger partial charge in [0, 0.05) is 0 Å². The van der Waals surface area contributed by atoms with E-state index in [0.29, 0.717) is 41.8 Å². The van der Waals surface area contributed by atoms with E-state index in [9.17, 15) is 33.6 Å². The third-order valence-corrected chi connectivity index (χ3v) is 7.32. The summed E-state index contributed by atoms with van der Waals surface area (Å²) in [5.74, 6) is -4.52. The van der Waals surface area contributed by atoms with E-state index in [1.165, 1.54) is 12.1 Å². The molecule has 2 aromatic carbocycles. The number of carbonyl (C=O) groups excluding carboxylic acids is 7. The summed E-state index contributed by atoms with van der Waals surface area (Å²) in [4.78, 5) is 85.1. The zero-order valence-electron chi connectivity index (χ0n) is 27.9. The molecule has 2 aromatic rings. The third-order valence-electron chi connectivity index (χ3n) is 7.32. The van der Waals surface area contributed by atoms with E-state index in [0.717, 1.165) is 17.7 Å². The minimum absolute atomic E-state index is 0.0914. The number of carbonyl (C=O) groups is 7. The topological polar surface area (TPSA) is 162 Å². The molecule has 2 aliphatic heterocycles. The Bertz CT molecular complexity index is 1570. The van der Waals surface area contributed by atoms with Crippen LogP contribution in [0.5, 0.6) is 0 Å². The van der Waals surface area contributed by atoms with Crippen molar-refractivity contribution in [2.75, 3.05) is 23.4 Å². The Kier molecular flexibility index (Phi) is 12.2. The molecule has 0 bridgehead atoms. The van der Waals surface area contributed by atoms with Crippen LogP contribution in [0.25, 0.3) is 0 Å². The van der Waals surface area contributed by atoms with E-state index in [-0.39, 0.29) is 29.8 Å². The molecule has 0 radical (unpaired) electrons. The number of ketones is 2. The van der Waals surface area contributed by atoms with Gasteiger partial charge in [-0.1, -0.05) is 38.8 Å². The minimum Gasteiger partial charge on any atom is -0.466 e. The number of benzene rings is 2. The Morgan fingerprint density at radius 1 is 0.745 bits per heavy atom. The predicted octanol–water partition coefficient (Wildman–Crippen LogP) is 5.87. The summed E-state index contributed by atoms with van der Waals surface area (Å²) in [6.07, 6.45) is 1.87. The maximum Gasteiger partial charge on any atom is 0.422 e. The third kappa shape index (κ3) is 8.49. The Morgan fingerprint density at radius 2 is 1.26 bits per heavy atom. The lowest BCUT2D eigenvalue weighted by Gasteiger charge is -2.23. The molecule has 12 heteroatoms. The van der Waals surface area contributed by atoms with Gasteiger partial charge < -0.3 is 19.5 Å². The van der Waals surface area contributed by atoms with Crippen molar-refractivity contribution in [3.05, 3.63) is 58.7 Å². The van der Waals surface area contributed by atoms with Crippen molar-refractivity contribution >= 4 is 52.8 Å². The first kappa shape index (κ1) is 36.6. The molecular formula is C35H42N2O10. The molecule has 2 unspecified atom stereocenters. The largest absolute Gasteiger partial charge is 0.466 e. The summed E-state index contributed by atoms with van der Waals surface area (Å²) in [7, 11) is 0. The smallest absolute Gasteiger partial charge is 0.422 e. The summed E-state index contributed by atoms with van der Waals surface area (Å²) < 4.78 is 15.4. The summed E-state index contributed by atoms with van der Waals surface area (Å²) in [6.45, 7) is 13.0. The molecule has 0 aromatic heterocycles. The van der Waals surface area contributed by atoms with Crippen LogP contribution in [0.15, 0.2) is 36.4 Å². The van der Waals surface area contributed by atoms with Crippen molar-refractivity contribution in [3.63, 3.8) is 0 Å². The lowest BCUT2D eigenvalue weighted by Crippen LogP contribution is -2.40. The van der Waals surface area contributed by atoms with Gasteiger partial charge in [-0.05, 0) is 82.9 Å². The number of imide groups is 1. The van der Waals surface area contributed by atoms with Gasteiger partial charge in [-0.2, -0.15) is 0 Å². The fourth-order valence-electron chi connectivity index (χ4n) is 5.24. The standard InChI is InChI=1S/C20H25NO6.C15H17NO4/c1-6-8-13(18(24)26-7-2)12-9-10-15-14(11-12)16(22)17(23)21(15)19(25)27-20(3,4)5;1-3-5-10(15(19)20-4-2)9-6-7-12-11(8-9)13(17)14(18)16-12/h9-11,13H,6-8H2,1-5H3;6-8,10H,3-5H2,1-2H3,(H,16,17,18). The van der Waals surface area contributed by atoms with Gasteiger partial charge in [-0.25, -0.2) is 9.69 Å². The highest BCUT2D eigenvalue weighted by atomic mass is 16.6. The highest BCUT2D eigenvalue weighted by Crippen LogP contribution is 2.35. The zero-order valence-corrected chi connectivity index (χ0v) is 27.9. The van der Waals surface area contributed by atoms with Crippen molar-refractivity contribution < 1.29 is 47.8 Å². The quantitative estimate of drug-likeness (QED) is 0.187. The monoisotopic (exact) mass is 650 g/mol. The van der Waals surface area contributed by atoms with Gasteiger partial charge in [0.15, 0.2) is 0 Å². The Labute approximate surface area is 274 Å². The Morgan fingerprint density at radius 3 is 1.74 bits per heavy atom. The van der Waals surface area contributed by atoms with Crippen molar-refractivity contribution in [1.82, 2.24) is 0 Å². The lowest BCUT2D eigenvalue weighted by atomic mass is 9.92. The minimum atomic E-state index is -0.959. The molecule has 3 amide bonds. The first-order valence-corrected chi connectivity index (χ1v) is 15.8. The lowest BCUT2D eigenvalue weighted by molar-refractivity contribution is -0.146. The number of hydrogen-bond donors (Lipinski definition) is 1. The second-order valence-electron chi connectivity index (χ2n) is 12.0. The van der Waals surface area contributed by atoms with Crippen molar-refractivity contribution in [1.29, 1.82) is 0 Å². The number of fused-ring (bicyclic) bond motifs is 2. The molecule has 0 saturated heterocycles. The molecule has 4 rings (SSSR count). The average molecular weight is 651 g/mol. The SMILES string of the molecule is CCCC(C(=O)OCC)c1ccc2c(c1)C(=O)C(=O)N2.CCCC(C(=O)OCC)c1ccc2c(c1)C(=O)C(=O)N2C(=O)OC(C)(C)C. The number of Topliss-reactive ketones (excluding diaryl/α,β-unsaturated/α-hetero) is 2. The number of esters is 2. The van der Waals surface area contributed by atoms with E-state index >= 15 is 0 Å². The summed E-state index contributed by atoms with van der Waals surface area (Å²) in [5.41, 5.74) is 1.59. The van der Waals surface area contributed by atoms with Crippen LogP contribution in [0.2, 0.25) is 0 Å². The molecule has 0 fully saturated rings. The highest BCUT2D eigenvalue weighted by molar-refractivity contribution is 6.56. The number of anilines is 2. The molecule has 0 spiro atoms. The van der Waals surface area contributed by atoms with E-state index < -0.39 is 46.9 Å². The number of nitrogens with one attached hydrogen (secondary N) is 1. The van der Waals surface area contributed by atoms with Gasteiger partial charge in [0.05, 0.1) is 47.6 Å². The number of amides is 3. The van der Waals surface area contributed by atoms with Crippen LogP contribution in [0, 0.1) is 0 Å². The summed E-state index contributed by atoms with van der Waals surface area (Å²) >= 11 is 0. The van der Waals surface area contributed by atoms with E-state index in [1.807, 2.05) is 13.8 Å². The van der Waals surface area contributed by atoms with E-state index in [4.69, 9.17) is 14.2 Å². The second kappa shape index (κ2) is 15.6. The van der Waals surface area contributed by atoms with Crippen LogP contribution in [-0.4, -0.2) is 60.2 Å². The average Bonchev–Trinajstić information content (AvgIpc) is 3.44. The fraction of sp³-hybridized carbons (Fsp3) is 0.457. The highest BCUT2D eigenvalue weighted by Gasteiger charge is 2.42. The number of nitrogens with zero attached hydrogens (tertiary/aromatic N) is 1. The summed E-state index contributed by atoms with van der Waals surface area (Å²) in [5, 5.41) is 2.50. The molecular weight excluding hydrogens is 608 g/mol. The van der Waals surface area contributed by atoms with Gasteiger partial charge in [0.2, 0.25) is 0 Å². The zero-order chi connectivity index (χ0) is 35.1. The number of rotatable bonds is 10. The van der Waals surface area contributed by atoms with Crippen LogP contribution in [0.4, 0.5) is 16.2 Å². The van der Waals surface area contributed by atoms with Crippen LogP contribution in [0.1, 0.15) is 118 Å². The molecule has 252 valence electrons. The predicted molar refractivity (Wildman–Crippen MR) is 172 cm³/mol. The molecule has 1 N–H and O–H groups in total. The fourth-order valence-corrected chi connectivity index (χ4v) is 5.24. The molecule has 0 aliphatic carbocycles. The van der Waals surface area contributed by atoms with Crippen LogP contribution < -0.4 is 10.2 Å². The van der Waals surface area contributed by atoms with Crippen molar-refractivity contribution in [2.45, 2.75) is 91.6 Å². The Balaban J connectivity index is 0.000000267. The van der Waals surface area contributed by atoms with Crippen LogP contribution in [0.3, 0.4) is 0 Å². The van der Waals surface area contributed by atoms with E-state index in [2.05, 4.69) is 5.32 Å². The van der Waals surface area contributed by atoms with Crippen LogP contribution >= 0.6 is 0 Å². The molecule has 2 atom stereocenters. The van der Waals surface area contributed by atoms with Gasteiger partial charge >= 0.3 is 23.9 Å². The van der Waals surface area contributed by atoms with Crippen LogP contribution in [-0.2, 0) is 33.4 Å². The first-order valence-electron chi connectivity index (χ1n) is 15.8. The molecule has 2 heterocycles. The molecule has 0 saturated carbocycles. The molecule has 2 aliphatic rings.